The summed E-state index contributed by atoms with van der Waals surface area (Å²) in [6, 6.07) is 13.3. The van der Waals surface area contributed by atoms with Crippen molar-refractivity contribution in [2.24, 2.45) is 0 Å². The molecule has 0 aromatic heterocycles. The minimum absolute atomic E-state index is 0.0354. The number of nitrogens with one attached hydrogen (secondary N) is 2. The molecule has 2 aromatic carbocycles. The molecule has 1 aliphatic heterocycles. The minimum atomic E-state index is -0.108. The fourth-order valence-electron chi connectivity index (χ4n) is 3.02. The van der Waals surface area contributed by atoms with Crippen LogP contribution in [-0.2, 0) is 24.4 Å². The van der Waals surface area contributed by atoms with Crippen LogP contribution >= 0.6 is 0 Å². The van der Waals surface area contributed by atoms with Crippen molar-refractivity contribution in [3.05, 3.63) is 64.7 Å². The molecule has 2 N–H and O–H groups in total. The van der Waals surface area contributed by atoms with Crippen LogP contribution in [0, 0.1) is 0 Å². The molecule has 0 unspecified atom stereocenters. The molecule has 0 saturated carbocycles. The van der Waals surface area contributed by atoms with Crippen molar-refractivity contribution >= 4 is 11.7 Å². The van der Waals surface area contributed by atoms with Gasteiger partial charge in [0.05, 0.1) is 6.61 Å². The number of fused-ring (bicyclic) bond motifs is 1. The zero-order valence-electron chi connectivity index (χ0n) is 15.0. The highest BCUT2D eigenvalue weighted by atomic mass is 16.5. The van der Waals surface area contributed by atoms with Gasteiger partial charge < -0.3 is 15.4 Å². The normalized spacial score (nSPS) is 12.5. The molecule has 0 spiro atoms. The van der Waals surface area contributed by atoms with Crippen LogP contribution in [0.3, 0.4) is 0 Å². The van der Waals surface area contributed by atoms with Crippen LogP contribution in [0.15, 0.2) is 42.5 Å². The zero-order chi connectivity index (χ0) is 18.4. The van der Waals surface area contributed by atoms with Crippen molar-refractivity contribution in [1.29, 1.82) is 0 Å². The Kier molecular flexibility index (Phi) is 6.02. The summed E-state index contributed by atoms with van der Waals surface area (Å²) in [5.74, 6) is 0.598. The van der Waals surface area contributed by atoms with E-state index in [9.17, 15) is 9.59 Å². The van der Waals surface area contributed by atoms with Gasteiger partial charge in [0, 0.05) is 38.0 Å². The number of hydrogen-bond acceptors (Lipinski definition) is 4. The van der Waals surface area contributed by atoms with Gasteiger partial charge in [-0.25, -0.2) is 0 Å². The fraction of sp³-hybridized carbons (Fsp3) is 0.333. The maximum Gasteiger partial charge on any atom is 0.220 e. The highest BCUT2D eigenvalue weighted by molar-refractivity contribution is 5.98. The summed E-state index contributed by atoms with van der Waals surface area (Å²) in [4.78, 5) is 24.2. The number of carbonyl (C=O) groups is 2. The van der Waals surface area contributed by atoms with Crippen LogP contribution in [0.25, 0.3) is 0 Å². The van der Waals surface area contributed by atoms with Crippen molar-refractivity contribution in [2.75, 3.05) is 6.61 Å². The lowest BCUT2D eigenvalue weighted by Crippen LogP contribution is -2.23. The third-order valence-electron chi connectivity index (χ3n) is 4.46. The number of carbonyl (C=O) groups excluding carboxylic acids is 2. The monoisotopic (exact) mass is 352 g/mol. The molecule has 2 aromatic rings. The van der Waals surface area contributed by atoms with Crippen molar-refractivity contribution in [1.82, 2.24) is 10.6 Å². The van der Waals surface area contributed by atoms with Crippen LogP contribution in [0.4, 0.5) is 0 Å². The van der Waals surface area contributed by atoms with Gasteiger partial charge in [-0.3, -0.25) is 9.59 Å². The van der Waals surface area contributed by atoms with Crippen LogP contribution in [0.5, 0.6) is 5.75 Å². The third-order valence-corrected chi connectivity index (χ3v) is 4.46. The molecule has 0 saturated heterocycles. The minimum Gasteiger partial charge on any atom is -0.494 e. The Morgan fingerprint density at radius 2 is 1.81 bits per heavy atom. The van der Waals surface area contributed by atoms with E-state index >= 15 is 0 Å². The summed E-state index contributed by atoms with van der Waals surface area (Å²) in [6.07, 6.45) is 0.395. The van der Waals surface area contributed by atoms with Crippen LogP contribution in [0.1, 0.15) is 46.8 Å². The fourth-order valence-corrected chi connectivity index (χ4v) is 3.02. The summed E-state index contributed by atoms with van der Waals surface area (Å²) >= 11 is 0. The van der Waals surface area contributed by atoms with Crippen LogP contribution in [0.2, 0.25) is 0 Å². The molecule has 5 heteroatoms. The number of hydrogen-bond donors (Lipinski definition) is 2. The second-order valence-corrected chi connectivity index (χ2v) is 6.36. The molecule has 1 aliphatic rings. The van der Waals surface area contributed by atoms with Crippen LogP contribution in [-0.4, -0.2) is 18.3 Å². The van der Waals surface area contributed by atoms with Gasteiger partial charge >= 0.3 is 0 Å². The van der Waals surface area contributed by atoms with Gasteiger partial charge in [0.15, 0.2) is 5.78 Å². The Bertz CT molecular complexity index is 784. The lowest BCUT2D eigenvalue weighted by molar-refractivity contribution is -0.121. The van der Waals surface area contributed by atoms with E-state index in [1.54, 1.807) is 24.3 Å². The summed E-state index contributed by atoms with van der Waals surface area (Å²) in [7, 11) is 0. The first-order chi connectivity index (χ1) is 12.7. The first-order valence-electron chi connectivity index (χ1n) is 9.00. The maximum atomic E-state index is 12.2. The Hall–Kier alpha value is -2.66. The molecular weight excluding hydrogens is 328 g/mol. The highest BCUT2D eigenvalue weighted by Gasteiger charge is 2.12. The zero-order valence-corrected chi connectivity index (χ0v) is 15.0. The van der Waals surface area contributed by atoms with Crippen LogP contribution < -0.4 is 15.4 Å². The van der Waals surface area contributed by atoms with Gasteiger partial charge in [0.2, 0.25) is 5.91 Å². The van der Waals surface area contributed by atoms with Crippen molar-refractivity contribution in [3.63, 3.8) is 0 Å². The van der Waals surface area contributed by atoms with Gasteiger partial charge in [0.1, 0.15) is 5.75 Å². The second kappa shape index (κ2) is 8.63. The maximum absolute atomic E-state index is 12.2. The van der Waals surface area contributed by atoms with E-state index in [0.717, 1.165) is 24.4 Å². The Labute approximate surface area is 153 Å². The molecule has 0 bridgehead atoms. The molecule has 5 nitrogen and oxygen atoms in total. The van der Waals surface area contributed by atoms with E-state index in [2.05, 4.69) is 22.8 Å². The van der Waals surface area contributed by atoms with E-state index < -0.39 is 0 Å². The van der Waals surface area contributed by atoms with Gasteiger partial charge in [-0.1, -0.05) is 18.2 Å². The van der Waals surface area contributed by atoms with Crippen molar-refractivity contribution in [3.8, 4) is 5.75 Å². The third kappa shape index (κ3) is 4.70. The summed E-state index contributed by atoms with van der Waals surface area (Å²) in [5, 5.41) is 6.20. The van der Waals surface area contributed by atoms with Gasteiger partial charge in [0.25, 0.3) is 0 Å². The average molecular weight is 352 g/mol. The Morgan fingerprint density at radius 1 is 1.04 bits per heavy atom. The quantitative estimate of drug-likeness (QED) is 0.717. The lowest BCUT2D eigenvalue weighted by Gasteiger charge is -2.07. The van der Waals surface area contributed by atoms with Gasteiger partial charge in [-0.15, -0.1) is 0 Å². The predicted octanol–water partition coefficient (Wildman–Crippen LogP) is 2.97. The molecule has 26 heavy (non-hydrogen) atoms. The smallest absolute Gasteiger partial charge is 0.220 e. The SMILES string of the molecule is CCOc1ccc(C(=O)CCC(=O)NCc2ccc3c(c2)CNC3)cc1. The number of benzene rings is 2. The second-order valence-electron chi connectivity index (χ2n) is 6.36. The molecule has 0 radical (unpaired) electrons. The number of amides is 1. The first kappa shape index (κ1) is 18.1. The molecule has 0 aliphatic carbocycles. The molecule has 0 atom stereocenters. The highest BCUT2D eigenvalue weighted by Crippen LogP contribution is 2.17. The number of ether oxygens (including phenoxy) is 1. The van der Waals surface area contributed by atoms with E-state index in [0.29, 0.717) is 18.7 Å². The molecule has 0 fully saturated rings. The van der Waals surface area contributed by atoms with E-state index in [1.165, 1.54) is 11.1 Å². The summed E-state index contributed by atoms with van der Waals surface area (Å²) in [5.41, 5.74) is 4.30. The number of rotatable bonds is 8. The van der Waals surface area contributed by atoms with E-state index in [4.69, 9.17) is 4.74 Å². The Morgan fingerprint density at radius 3 is 2.58 bits per heavy atom. The number of ketones is 1. The molecule has 136 valence electrons. The average Bonchev–Trinajstić information content (AvgIpc) is 3.13. The van der Waals surface area contributed by atoms with Crippen molar-refractivity contribution in [2.45, 2.75) is 39.4 Å². The molecule has 1 heterocycles. The Balaban J connectivity index is 1.44. The lowest BCUT2D eigenvalue weighted by atomic mass is 10.1. The first-order valence-corrected chi connectivity index (χ1v) is 9.00. The van der Waals surface area contributed by atoms with Crippen molar-refractivity contribution < 1.29 is 14.3 Å². The number of Topliss-reactive ketones (excluding diaryl/α,β-unsaturated/α-hetero) is 1. The summed E-state index contributed by atoms with van der Waals surface area (Å²) in [6.45, 7) is 4.79. The van der Waals surface area contributed by atoms with E-state index in [1.807, 2.05) is 13.0 Å². The summed E-state index contributed by atoms with van der Waals surface area (Å²) < 4.78 is 5.36. The standard InChI is InChI=1S/C21H24N2O3/c1-2-26-19-7-5-16(6-8-19)20(24)9-10-21(25)23-12-15-3-4-17-13-22-14-18(17)11-15/h3-8,11,22H,2,9-10,12-14H2,1H3,(H,23,25). The largest absolute Gasteiger partial charge is 0.494 e. The van der Waals surface area contributed by atoms with E-state index in [-0.39, 0.29) is 24.5 Å². The topological polar surface area (TPSA) is 67.4 Å². The molecular formula is C21H24N2O3. The van der Waals surface area contributed by atoms with Gasteiger partial charge in [-0.2, -0.15) is 0 Å². The predicted molar refractivity (Wildman–Crippen MR) is 100 cm³/mol. The molecule has 3 rings (SSSR count). The van der Waals surface area contributed by atoms with Gasteiger partial charge in [-0.05, 0) is 47.9 Å². The molecule has 1 amide bonds.